The number of ether oxygens (including phenoxy) is 2. The van der Waals surface area contributed by atoms with E-state index in [1.807, 2.05) is 48.5 Å². The van der Waals surface area contributed by atoms with E-state index in [1.54, 1.807) is 0 Å². The number of aromatic nitrogens is 1. The summed E-state index contributed by atoms with van der Waals surface area (Å²) in [5.74, 6) is 1.51. The van der Waals surface area contributed by atoms with Crippen LogP contribution in [0, 0.1) is 0 Å². The van der Waals surface area contributed by atoms with Crippen LogP contribution in [0.3, 0.4) is 0 Å². The summed E-state index contributed by atoms with van der Waals surface area (Å²) in [6.07, 6.45) is 1.09. The molecule has 1 aromatic heterocycles. The average Bonchev–Trinajstić information content (AvgIpc) is 2.66. The summed E-state index contributed by atoms with van der Waals surface area (Å²) in [5, 5.41) is 3.37. The first-order chi connectivity index (χ1) is 11.9. The zero-order chi connectivity index (χ0) is 16.5. The number of nitrogens with zero attached hydrogens (tertiary/aromatic N) is 2. The summed E-state index contributed by atoms with van der Waals surface area (Å²) >= 11 is 0. The fraction of sp³-hybridized carbons (Fsp3) is 0.421. The SMILES string of the molecule is c1ccc(COc2cccc(NCCCN3CCOCC3)n2)cc1. The van der Waals surface area contributed by atoms with E-state index in [-0.39, 0.29) is 0 Å². The van der Waals surface area contributed by atoms with Crippen LogP contribution in [0.25, 0.3) is 0 Å². The van der Waals surface area contributed by atoms with Crippen LogP contribution in [0.5, 0.6) is 5.88 Å². The van der Waals surface area contributed by atoms with Gasteiger partial charge in [0, 0.05) is 25.7 Å². The lowest BCUT2D eigenvalue weighted by Gasteiger charge is -2.26. The highest BCUT2D eigenvalue weighted by atomic mass is 16.5. The maximum atomic E-state index is 5.76. The van der Waals surface area contributed by atoms with Gasteiger partial charge in [-0.1, -0.05) is 36.4 Å². The normalized spacial score (nSPS) is 15.2. The summed E-state index contributed by atoms with van der Waals surface area (Å²) in [6.45, 7) is 6.34. The fourth-order valence-corrected chi connectivity index (χ4v) is 2.67. The Bertz CT molecular complexity index is 601. The zero-order valence-corrected chi connectivity index (χ0v) is 14.0. The molecular weight excluding hydrogens is 302 g/mol. The second kappa shape index (κ2) is 9.25. The van der Waals surface area contributed by atoms with Gasteiger partial charge in [0.1, 0.15) is 12.4 Å². The summed E-state index contributed by atoms with van der Waals surface area (Å²) in [4.78, 5) is 6.95. The van der Waals surface area contributed by atoms with E-state index in [9.17, 15) is 0 Å². The quantitative estimate of drug-likeness (QED) is 0.756. The maximum Gasteiger partial charge on any atom is 0.215 e. The minimum Gasteiger partial charge on any atom is -0.473 e. The van der Waals surface area contributed by atoms with Crippen LogP contribution in [0.15, 0.2) is 48.5 Å². The third kappa shape index (κ3) is 5.51. The van der Waals surface area contributed by atoms with Crippen molar-refractivity contribution in [3.63, 3.8) is 0 Å². The van der Waals surface area contributed by atoms with E-state index in [2.05, 4.69) is 15.2 Å². The second-order valence-corrected chi connectivity index (χ2v) is 5.87. The Balaban J connectivity index is 1.39. The van der Waals surface area contributed by atoms with Crippen molar-refractivity contribution >= 4 is 5.82 Å². The average molecular weight is 327 g/mol. The van der Waals surface area contributed by atoms with E-state index in [4.69, 9.17) is 9.47 Å². The predicted octanol–water partition coefficient (Wildman–Crippen LogP) is 2.79. The molecule has 5 nitrogen and oxygen atoms in total. The van der Waals surface area contributed by atoms with Crippen molar-refractivity contribution in [1.29, 1.82) is 0 Å². The van der Waals surface area contributed by atoms with Crippen molar-refractivity contribution in [2.24, 2.45) is 0 Å². The standard InChI is InChI=1S/C19H25N3O2/c1-2-6-17(7-3-1)16-24-19-9-4-8-18(21-19)20-10-5-11-22-12-14-23-15-13-22/h1-4,6-9H,5,10-16H2,(H,20,21). The molecule has 2 heterocycles. The van der Waals surface area contributed by atoms with E-state index in [1.165, 1.54) is 0 Å². The molecule has 24 heavy (non-hydrogen) atoms. The molecule has 0 bridgehead atoms. The van der Waals surface area contributed by atoms with Gasteiger partial charge in [0.25, 0.3) is 0 Å². The van der Waals surface area contributed by atoms with Crippen LogP contribution in [-0.4, -0.2) is 49.3 Å². The number of anilines is 1. The molecule has 3 rings (SSSR count). The largest absolute Gasteiger partial charge is 0.473 e. The molecule has 0 radical (unpaired) electrons. The van der Waals surface area contributed by atoms with Gasteiger partial charge in [-0.25, -0.2) is 0 Å². The van der Waals surface area contributed by atoms with Gasteiger partial charge in [0.05, 0.1) is 13.2 Å². The van der Waals surface area contributed by atoms with Crippen LogP contribution in [0.2, 0.25) is 0 Å². The topological polar surface area (TPSA) is 46.6 Å². The van der Waals surface area contributed by atoms with Crippen LogP contribution in [0.4, 0.5) is 5.82 Å². The molecule has 1 aliphatic rings. The first kappa shape index (κ1) is 16.7. The number of hydrogen-bond donors (Lipinski definition) is 1. The molecule has 2 aromatic rings. The number of benzene rings is 1. The van der Waals surface area contributed by atoms with Crippen LogP contribution < -0.4 is 10.1 Å². The molecule has 0 spiro atoms. The van der Waals surface area contributed by atoms with Crippen molar-refractivity contribution in [2.75, 3.05) is 44.7 Å². The summed E-state index contributed by atoms with van der Waals surface area (Å²) in [5.41, 5.74) is 1.14. The Morgan fingerprint density at radius 2 is 1.88 bits per heavy atom. The van der Waals surface area contributed by atoms with Crippen molar-refractivity contribution < 1.29 is 9.47 Å². The monoisotopic (exact) mass is 327 g/mol. The first-order valence-corrected chi connectivity index (χ1v) is 8.58. The zero-order valence-electron chi connectivity index (χ0n) is 14.0. The molecule has 1 saturated heterocycles. The lowest BCUT2D eigenvalue weighted by molar-refractivity contribution is 0.0378. The molecule has 0 aliphatic carbocycles. The Hall–Kier alpha value is -2.11. The van der Waals surface area contributed by atoms with E-state index in [0.717, 1.165) is 57.2 Å². The minimum atomic E-state index is 0.536. The fourth-order valence-electron chi connectivity index (χ4n) is 2.67. The molecule has 1 aromatic carbocycles. The number of morpholine rings is 1. The van der Waals surface area contributed by atoms with Crippen LogP contribution in [0.1, 0.15) is 12.0 Å². The van der Waals surface area contributed by atoms with Crippen molar-refractivity contribution in [3.05, 3.63) is 54.1 Å². The van der Waals surface area contributed by atoms with Gasteiger partial charge < -0.3 is 14.8 Å². The highest BCUT2D eigenvalue weighted by Gasteiger charge is 2.09. The van der Waals surface area contributed by atoms with Crippen molar-refractivity contribution in [3.8, 4) is 5.88 Å². The molecule has 1 fully saturated rings. The number of pyridine rings is 1. The third-order valence-corrected chi connectivity index (χ3v) is 4.01. The Morgan fingerprint density at radius 3 is 2.71 bits per heavy atom. The van der Waals surface area contributed by atoms with Gasteiger partial charge in [0.15, 0.2) is 0 Å². The van der Waals surface area contributed by atoms with Gasteiger partial charge in [-0.05, 0) is 24.6 Å². The molecule has 0 amide bonds. The molecule has 0 unspecified atom stereocenters. The Kier molecular flexibility index (Phi) is 6.45. The second-order valence-electron chi connectivity index (χ2n) is 5.87. The minimum absolute atomic E-state index is 0.536. The van der Waals surface area contributed by atoms with Crippen molar-refractivity contribution in [2.45, 2.75) is 13.0 Å². The molecule has 5 heteroatoms. The van der Waals surface area contributed by atoms with Gasteiger partial charge in [-0.3, -0.25) is 4.90 Å². The smallest absolute Gasteiger partial charge is 0.215 e. The Labute approximate surface area is 143 Å². The van der Waals surface area contributed by atoms with E-state index in [0.29, 0.717) is 12.5 Å². The molecule has 128 valence electrons. The number of nitrogens with one attached hydrogen (secondary N) is 1. The lowest BCUT2D eigenvalue weighted by Crippen LogP contribution is -2.37. The van der Waals surface area contributed by atoms with E-state index < -0.39 is 0 Å². The number of rotatable bonds is 8. The molecule has 1 aliphatic heterocycles. The van der Waals surface area contributed by atoms with Gasteiger partial charge in [-0.2, -0.15) is 4.98 Å². The number of hydrogen-bond acceptors (Lipinski definition) is 5. The van der Waals surface area contributed by atoms with Gasteiger partial charge in [0.2, 0.25) is 5.88 Å². The maximum absolute atomic E-state index is 5.76. The summed E-state index contributed by atoms with van der Waals surface area (Å²) in [7, 11) is 0. The first-order valence-electron chi connectivity index (χ1n) is 8.58. The summed E-state index contributed by atoms with van der Waals surface area (Å²) < 4.78 is 11.1. The molecule has 0 saturated carbocycles. The highest BCUT2D eigenvalue weighted by Crippen LogP contribution is 2.13. The molecule has 0 atom stereocenters. The van der Waals surface area contributed by atoms with Gasteiger partial charge in [-0.15, -0.1) is 0 Å². The Morgan fingerprint density at radius 1 is 1.04 bits per heavy atom. The van der Waals surface area contributed by atoms with Crippen LogP contribution >= 0.6 is 0 Å². The lowest BCUT2D eigenvalue weighted by atomic mass is 10.2. The summed E-state index contributed by atoms with van der Waals surface area (Å²) in [6, 6.07) is 16.0. The molecule has 1 N–H and O–H groups in total. The third-order valence-electron chi connectivity index (χ3n) is 4.01. The molecular formula is C19H25N3O2. The van der Waals surface area contributed by atoms with Gasteiger partial charge >= 0.3 is 0 Å². The predicted molar refractivity (Wildman–Crippen MR) is 95.4 cm³/mol. The van der Waals surface area contributed by atoms with Crippen molar-refractivity contribution in [1.82, 2.24) is 9.88 Å². The van der Waals surface area contributed by atoms with Crippen LogP contribution in [-0.2, 0) is 11.3 Å². The van der Waals surface area contributed by atoms with E-state index >= 15 is 0 Å². The highest BCUT2D eigenvalue weighted by molar-refractivity contribution is 5.37.